The van der Waals surface area contributed by atoms with E-state index >= 15 is 0 Å². The third-order valence-electron chi connectivity index (χ3n) is 7.77. The fourth-order valence-electron chi connectivity index (χ4n) is 5.02. The molecule has 0 spiro atoms. The Hall–Kier alpha value is -3.76. The number of aryl methyl sites for hydroxylation is 1. The third kappa shape index (κ3) is 9.39. The summed E-state index contributed by atoms with van der Waals surface area (Å²) in [5.41, 5.74) is 2.98. The largest absolute Gasteiger partial charge is 0.350 e. The average molecular weight is 683 g/mol. The van der Waals surface area contributed by atoms with E-state index in [2.05, 4.69) is 10.0 Å². The fraction of sp³-hybridized carbons (Fsp3) is 0.257. The smallest absolute Gasteiger partial charge is 0.243 e. The summed E-state index contributed by atoms with van der Waals surface area (Å²) in [4.78, 5) is 29.6. The summed E-state index contributed by atoms with van der Waals surface area (Å²) >= 11 is 12.4. The van der Waals surface area contributed by atoms with E-state index in [1.165, 1.54) is 29.2 Å². The van der Waals surface area contributed by atoms with Crippen LogP contribution in [0.25, 0.3) is 0 Å². The molecule has 2 N–H and O–H groups in total. The number of sulfonamides is 1. The van der Waals surface area contributed by atoms with Gasteiger partial charge >= 0.3 is 0 Å². The molecule has 0 bridgehead atoms. The topological polar surface area (TPSA) is 95.6 Å². The zero-order valence-corrected chi connectivity index (χ0v) is 27.3. The van der Waals surface area contributed by atoms with Crippen LogP contribution in [-0.2, 0) is 45.5 Å². The van der Waals surface area contributed by atoms with E-state index in [1.54, 1.807) is 42.5 Å². The Labute approximate surface area is 278 Å². The van der Waals surface area contributed by atoms with Gasteiger partial charge in [0.2, 0.25) is 21.8 Å². The molecule has 0 aromatic heterocycles. The summed E-state index contributed by atoms with van der Waals surface area (Å²) in [6, 6.07) is 25.8. The summed E-state index contributed by atoms with van der Waals surface area (Å²) in [5, 5.41) is 3.83. The van der Waals surface area contributed by atoms with Gasteiger partial charge in [0.25, 0.3) is 0 Å². The van der Waals surface area contributed by atoms with Crippen LogP contribution >= 0.6 is 23.2 Å². The summed E-state index contributed by atoms with van der Waals surface area (Å²) < 4.78 is 41.5. The maximum absolute atomic E-state index is 14.0. The number of halogens is 3. The number of benzene rings is 4. The molecule has 0 unspecified atom stereocenters. The van der Waals surface area contributed by atoms with Gasteiger partial charge in [0.1, 0.15) is 11.9 Å². The van der Waals surface area contributed by atoms with Gasteiger partial charge in [0.15, 0.2) is 0 Å². The highest BCUT2D eigenvalue weighted by Gasteiger charge is 2.31. The van der Waals surface area contributed by atoms with Gasteiger partial charge in [0.05, 0.1) is 4.90 Å². The van der Waals surface area contributed by atoms with Gasteiger partial charge in [-0.2, -0.15) is 0 Å². The lowest BCUT2D eigenvalue weighted by atomic mass is 10.0. The normalized spacial score (nSPS) is 13.6. The van der Waals surface area contributed by atoms with Gasteiger partial charge in [0, 0.05) is 42.0 Å². The van der Waals surface area contributed by atoms with Gasteiger partial charge in [-0.05, 0) is 77.9 Å². The van der Waals surface area contributed by atoms with Crippen molar-refractivity contribution in [1.29, 1.82) is 0 Å². The number of nitrogens with one attached hydrogen (secondary N) is 2. The maximum atomic E-state index is 14.0. The zero-order chi connectivity index (χ0) is 32.7. The molecular weight excluding hydrogens is 648 g/mol. The second kappa shape index (κ2) is 15.2. The maximum Gasteiger partial charge on any atom is 0.243 e. The number of amides is 2. The molecule has 1 fully saturated rings. The molecule has 0 radical (unpaired) electrons. The number of carbonyl (C=O) groups excluding carboxylic acids is 2. The van der Waals surface area contributed by atoms with Gasteiger partial charge in [-0.15, -0.1) is 0 Å². The van der Waals surface area contributed by atoms with E-state index < -0.39 is 21.9 Å². The van der Waals surface area contributed by atoms with E-state index in [4.69, 9.17) is 23.2 Å². The van der Waals surface area contributed by atoms with E-state index in [-0.39, 0.29) is 48.7 Å². The quantitative estimate of drug-likeness (QED) is 0.160. The minimum atomic E-state index is -3.59. The SMILES string of the molecule is O=C(NCc1ccc(Cl)cc1Cl)[C@H](Cc1ccccc1)N(Cc1ccc(F)cc1)C(=O)CCc1ccc(S(=O)(=O)NC2CC2)cc1. The molecule has 4 aromatic rings. The minimum Gasteiger partial charge on any atom is -0.350 e. The molecular formula is C35H34Cl2FN3O4S. The molecule has 0 heterocycles. The molecule has 7 nitrogen and oxygen atoms in total. The van der Waals surface area contributed by atoms with Crippen molar-refractivity contribution in [1.82, 2.24) is 14.9 Å². The molecule has 11 heteroatoms. The van der Waals surface area contributed by atoms with Crippen molar-refractivity contribution in [3.63, 3.8) is 0 Å². The Bertz CT molecular complexity index is 1770. The minimum absolute atomic E-state index is 0.00130. The van der Waals surface area contributed by atoms with Crippen molar-refractivity contribution in [3.8, 4) is 0 Å². The fourth-order valence-corrected chi connectivity index (χ4v) is 6.80. The van der Waals surface area contributed by atoms with E-state index in [9.17, 15) is 22.4 Å². The number of hydrogen-bond acceptors (Lipinski definition) is 4. The van der Waals surface area contributed by atoms with Crippen molar-refractivity contribution < 1.29 is 22.4 Å². The lowest BCUT2D eigenvalue weighted by Gasteiger charge is -2.32. The molecule has 1 atom stereocenters. The van der Waals surface area contributed by atoms with Crippen LogP contribution in [0.15, 0.2) is 102 Å². The van der Waals surface area contributed by atoms with Crippen LogP contribution in [0.4, 0.5) is 4.39 Å². The Morgan fingerprint density at radius 2 is 1.54 bits per heavy atom. The predicted octanol–water partition coefficient (Wildman–Crippen LogP) is 6.46. The highest BCUT2D eigenvalue weighted by Crippen LogP contribution is 2.24. The van der Waals surface area contributed by atoms with Crippen molar-refractivity contribution in [2.24, 2.45) is 0 Å². The molecule has 5 rings (SSSR count). The highest BCUT2D eigenvalue weighted by atomic mass is 35.5. The van der Waals surface area contributed by atoms with Crippen LogP contribution < -0.4 is 10.0 Å². The third-order valence-corrected chi connectivity index (χ3v) is 9.89. The van der Waals surface area contributed by atoms with Crippen LogP contribution in [-0.4, -0.2) is 37.2 Å². The van der Waals surface area contributed by atoms with Crippen LogP contribution in [0, 0.1) is 5.82 Å². The van der Waals surface area contributed by atoms with Gasteiger partial charge in [-0.1, -0.05) is 83.9 Å². The molecule has 240 valence electrons. The van der Waals surface area contributed by atoms with Crippen LogP contribution in [0.3, 0.4) is 0 Å². The number of hydrogen-bond donors (Lipinski definition) is 2. The summed E-state index contributed by atoms with van der Waals surface area (Å²) in [6.07, 6.45) is 2.32. The van der Waals surface area contributed by atoms with Gasteiger partial charge < -0.3 is 10.2 Å². The summed E-state index contributed by atoms with van der Waals surface area (Å²) in [7, 11) is -3.59. The van der Waals surface area contributed by atoms with E-state index in [0.717, 1.165) is 24.0 Å². The first-order valence-corrected chi connectivity index (χ1v) is 17.2. The molecule has 0 aliphatic heterocycles. The Kier molecular flexibility index (Phi) is 11.1. The monoisotopic (exact) mass is 681 g/mol. The number of rotatable bonds is 14. The zero-order valence-electron chi connectivity index (χ0n) is 25.0. The highest BCUT2D eigenvalue weighted by molar-refractivity contribution is 7.89. The molecule has 0 saturated heterocycles. The van der Waals surface area contributed by atoms with Crippen molar-refractivity contribution >= 4 is 45.0 Å². The first-order chi connectivity index (χ1) is 22.1. The first kappa shape index (κ1) is 33.6. The molecule has 4 aromatic carbocycles. The summed E-state index contributed by atoms with van der Waals surface area (Å²) in [6.45, 7) is 0.208. The van der Waals surface area contributed by atoms with Crippen molar-refractivity contribution in [2.45, 2.75) is 62.2 Å². The predicted molar refractivity (Wildman–Crippen MR) is 177 cm³/mol. The second-order valence-electron chi connectivity index (χ2n) is 11.3. The lowest BCUT2D eigenvalue weighted by Crippen LogP contribution is -2.50. The first-order valence-electron chi connectivity index (χ1n) is 15.0. The van der Waals surface area contributed by atoms with Gasteiger partial charge in [-0.25, -0.2) is 17.5 Å². The Morgan fingerprint density at radius 1 is 0.870 bits per heavy atom. The Balaban J connectivity index is 1.37. The van der Waals surface area contributed by atoms with E-state index in [0.29, 0.717) is 27.6 Å². The van der Waals surface area contributed by atoms with Crippen molar-refractivity contribution in [2.75, 3.05) is 0 Å². The molecule has 46 heavy (non-hydrogen) atoms. The molecule has 1 saturated carbocycles. The lowest BCUT2D eigenvalue weighted by molar-refractivity contribution is -0.141. The van der Waals surface area contributed by atoms with Crippen LogP contribution in [0.1, 0.15) is 41.5 Å². The van der Waals surface area contributed by atoms with Crippen molar-refractivity contribution in [3.05, 3.63) is 135 Å². The van der Waals surface area contributed by atoms with Crippen LogP contribution in [0.5, 0.6) is 0 Å². The average Bonchev–Trinajstić information content (AvgIpc) is 3.86. The standard InChI is InChI=1S/C35H34Cl2FN3O4S/c36-28-12-11-27(32(37)21-28)22-39-35(43)33(20-25-4-2-1-3-5-25)41(23-26-6-13-29(38)14-7-26)34(42)19-10-24-8-17-31(18-9-24)46(44,45)40-30-15-16-30/h1-9,11-14,17-18,21,30,33,40H,10,15-16,19-20,22-23H2,(H,39,43)/t33-/m0/s1. The van der Waals surface area contributed by atoms with Crippen LogP contribution in [0.2, 0.25) is 10.0 Å². The number of nitrogens with zero attached hydrogens (tertiary/aromatic N) is 1. The molecule has 2 amide bonds. The summed E-state index contributed by atoms with van der Waals surface area (Å²) in [5.74, 6) is -1.06. The second-order valence-corrected chi connectivity index (χ2v) is 13.9. The molecule has 1 aliphatic carbocycles. The molecule has 1 aliphatic rings. The Morgan fingerprint density at radius 3 is 2.20 bits per heavy atom. The number of carbonyl (C=O) groups is 2. The van der Waals surface area contributed by atoms with Gasteiger partial charge in [-0.3, -0.25) is 9.59 Å². The van der Waals surface area contributed by atoms with E-state index in [1.807, 2.05) is 30.3 Å².